The molecule has 3 saturated heterocycles. The van der Waals surface area contributed by atoms with Gasteiger partial charge in [-0.3, -0.25) is 19.3 Å². The number of esters is 1. The number of nitrogens with zero attached hydrogens (tertiary/aromatic N) is 2. The van der Waals surface area contributed by atoms with Crippen LogP contribution in [0, 0.1) is 58.2 Å². The number of methoxy groups -OCH3 is 1. The number of carbonyl (C=O) groups excluding carboxylic acids is 3. The van der Waals surface area contributed by atoms with Gasteiger partial charge in [-0.05, 0) is 167 Å². The molecule has 17 nitrogen and oxygen atoms in total. The Morgan fingerprint density at radius 1 is 0.910 bits per heavy atom. The minimum atomic E-state index is -1.91. The number of rotatable bonds is 12. The zero-order chi connectivity index (χ0) is 57.8. The first-order valence-electron chi connectivity index (χ1n) is 30.1. The van der Waals surface area contributed by atoms with Gasteiger partial charge in [0.1, 0.15) is 23.9 Å². The molecule has 3 aliphatic heterocycles. The van der Waals surface area contributed by atoms with Gasteiger partial charge in [-0.1, -0.05) is 47.1 Å². The number of likely N-dealkylation sites (N-methyl/N-ethyl adjacent to an activating group) is 1. The Labute approximate surface area is 467 Å². The second kappa shape index (κ2) is 24.6. The average molecular weight is 1100 g/mol. The summed E-state index contributed by atoms with van der Waals surface area (Å²) >= 11 is 0. The lowest BCUT2D eigenvalue weighted by molar-refractivity contribution is -0.313. The maximum atomic E-state index is 14.8. The molecule has 0 aromatic heterocycles. The number of aliphatic hydroxyl groups is 5. The molecule has 448 valence electrons. The fourth-order valence-electron chi connectivity index (χ4n) is 16.8. The number of ether oxygens (including phenoxy) is 6. The summed E-state index contributed by atoms with van der Waals surface area (Å²) in [5.41, 5.74) is -3.54. The molecule has 25 atom stereocenters. The van der Waals surface area contributed by atoms with Gasteiger partial charge in [0.05, 0.1) is 47.6 Å². The predicted octanol–water partition coefficient (Wildman–Crippen LogP) is 6.17. The zero-order valence-electron chi connectivity index (χ0n) is 50.5. The van der Waals surface area contributed by atoms with Crippen LogP contribution >= 0.6 is 0 Å². The number of carbonyl (C=O) groups is 3. The van der Waals surface area contributed by atoms with E-state index in [1.165, 1.54) is 12.5 Å². The van der Waals surface area contributed by atoms with Crippen LogP contribution in [0.25, 0.3) is 0 Å². The van der Waals surface area contributed by atoms with Gasteiger partial charge in [0.25, 0.3) is 0 Å². The fourth-order valence-corrected chi connectivity index (χ4v) is 16.8. The van der Waals surface area contributed by atoms with Crippen molar-refractivity contribution >= 4 is 17.7 Å². The first kappa shape index (κ1) is 63.5. The number of cyclic esters (lactones) is 1. The van der Waals surface area contributed by atoms with E-state index in [1.807, 2.05) is 66.6 Å². The summed E-state index contributed by atoms with van der Waals surface area (Å²) < 4.78 is 39.1. The molecule has 7 rings (SSSR count). The molecule has 0 bridgehead atoms. The lowest BCUT2D eigenvalue weighted by Crippen LogP contribution is -2.60. The largest absolute Gasteiger partial charge is 0.459 e. The number of allylic oxidation sites excluding steroid dienone is 1. The van der Waals surface area contributed by atoms with Crippen LogP contribution in [-0.2, 0) is 42.8 Å². The minimum Gasteiger partial charge on any atom is -0.459 e. The van der Waals surface area contributed by atoms with E-state index in [-0.39, 0.29) is 83.2 Å². The number of hydrogen-bond acceptors (Lipinski definition) is 16. The summed E-state index contributed by atoms with van der Waals surface area (Å²) in [5.74, 6) is -2.12. The van der Waals surface area contributed by atoms with Gasteiger partial charge in [0.2, 0.25) is 5.91 Å². The first-order valence-corrected chi connectivity index (χ1v) is 30.1. The summed E-state index contributed by atoms with van der Waals surface area (Å²) in [5, 5.41) is 64.9. The van der Waals surface area contributed by atoms with Crippen molar-refractivity contribution in [1.82, 2.24) is 15.1 Å². The van der Waals surface area contributed by atoms with Crippen LogP contribution in [0.2, 0.25) is 0 Å². The van der Waals surface area contributed by atoms with Crippen LogP contribution in [-0.4, -0.2) is 184 Å². The molecule has 78 heavy (non-hydrogen) atoms. The van der Waals surface area contributed by atoms with Gasteiger partial charge < -0.3 is 64.2 Å². The molecule has 3 heterocycles. The molecule has 7 aliphatic rings. The van der Waals surface area contributed by atoms with Crippen LogP contribution in [0.5, 0.6) is 0 Å². The zero-order valence-corrected chi connectivity index (χ0v) is 50.5. The molecule has 0 aromatic carbocycles. The summed E-state index contributed by atoms with van der Waals surface area (Å²) in [7, 11) is 5.46. The standard InChI is InChI=1S/C61H105N3O14/c1-17-47-61(13,72)52(68)38(7)64(26-18-25-62-54(69)44-22-21-43-42-20-19-40-28-41(65)23-24-57(40,9)49(42)46(66)30-58(43,44)10)32-33(2)29-59(11,71)53(78-56-50(67)45(63(14)15)27-34(3)74-56)35(4)51(36(5)55(70)76-47)77-48-31-60(12,73-16)37(6)39(8)75-48/h28,33-39,42-53,56,66-68,71-72H,17-27,29-32H2,1-16H3,(H,62,69)/t33-,34?,35+,36-,37-,38-,39?,42?,43?,44-,45-,46+,47-,48?,49?,50-,51+,52-,53-,56?,57+,58+,59-,60+,61-/m1/s1. The molecule has 0 radical (unpaired) electrons. The number of amides is 1. The van der Waals surface area contributed by atoms with E-state index in [9.17, 15) is 39.9 Å². The summed E-state index contributed by atoms with van der Waals surface area (Å²) in [6.45, 7) is 26.0. The van der Waals surface area contributed by atoms with Crippen molar-refractivity contribution in [1.29, 1.82) is 0 Å². The number of ketones is 1. The number of fused-ring (bicyclic) bond motifs is 5. The molecule has 3 saturated carbocycles. The van der Waals surface area contributed by atoms with E-state index in [4.69, 9.17) is 28.4 Å². The Kier molecular flexibility index (Phi) is 20.0. The molecule has 1 amide bonds. The maximum absolute atomic E-state index is 14.8. The number of aliphatic hydroxyl groups excluding tert-OH is 3. The highest BCUT2D eigenvalue weighted by atomic mass is 16.7. The summed E-state index contributed by atoms with van der Waals surface area (Å²) in [6, 6.07) is -0.985. The number of nitrogens with one attached hydrogen (secondary N) is 1. The molecule has 0 spiro atoms. The smallest absolute Gasteiger partial charge is 0.311 e. The third-order valence-corrected chi connectivity index (χ3v) is 21.8. The van der Waals surface area contributed by atoms with E-state index in [2.05, 4.69) is 31.0 Å². The van der Waals surface area contributed by atoms with Gasteiger partial charge >= 0.3 is 5.97 Å². The van der Waals surface area contributed by atoms with Crippen molar-refractivity contribution in [2.75, 3.05) is 40.8 Å². The highest BCUT2D eigenvalue weighted by Gasteiger charge is 2.63. The van der Waals surface area contributed by atoms with Crippen LogP contribution < -0.4 is 5.32 Å². The highest BCUT2D eigenvalue weighted by molar-refractivity contribution is 5.91. The monoisotopic (exact) mass is 1100 g/mol. The normalized spacial score (nSPS) is 49.1. The van der Waals surface area contributed by atoms with Crippen LogP contribution in [0.3, 0.4) is 0 Å². The Morgan fingerprint density at radius 2 is 1.60 bits per heavy atom. The molecule has 6 N–H and O–H groups in total. The van der Waals surface area contributed by atoms with Crippen molar-refractivity contribution in [2.45, 2.75) is 257 Å². The highest BCUT2D eigenvalue weighted by Crippen LogP contribution is 2.66. The van der Waals surface area contributed by atoms with Crippen molar-refractivity contribution < 1.29 is 68.3 Å². The van der Waals surface area contributed by atoms with Gasteiger partial charge in [-0.25, -0.2) is 0 Å². The molecule has 0 aromatic rings. The Bertz CT molecular complexity index is 2110. The lowest BCUT2D eigenvalue weighted by Gasteiger charge is -2.59. The van der Waals surface area contributed by atoms with Gasteiger partial charge in [0.15, 0.2) is 18.4 Å². The van der Waals surface area contributed by atoms with Crippen molar-refractivity contribution in [3.63, 3.8) is 0 Å². The fraction of sp³-hybridized carbons (Fsp3) is 0.918. The minimum absolute atomic E-state index is 0.0107. The summed E-state index contributed by atoms with van der Waals surface area (Å²) in [4.78, 5) is 45.6. The van der Waals surface area contributed by atoms with E-state index in [0.29, 0.717) is 57.7 Å². The second-order valence-electron chi connectivity index (χ2n) is 27.5. The van der Waals surface area contributed by atoms with E-state index >= 15 is 0 Å². The SMILES string of the molecule is CC[C@H]1OC(=O)[C@H](C)[C@@H](OC2C[C@](C)(OC)[C@H](C)C(C)O2)[C@H](C)[C@@H](OC2OC(C)C[C@@H](N(C)C)[C@H]2O)[C@](C)(O)C[C@@H](C)CN(CCCNC(=O)[C@H]2CCC3C4CCC5=CC(=O)CC[C@]5(C)C4[C@@H](O)C[C@@]32C)[C@H](C)[C@@H](O)[C@]1(C)O. The topological polar surface area (TPSA) is 226 Å². The average Bonchev–Trinajstić information content (AvgIpc) is 3.75. The lowest BCUT2D eigenvalue weighted by atomic mass is 9.46. The third kappa shape index (κ3) is 12.5. The van der Waals surface area contributed by atoms with Gasteiger partial charge in [0, 0.05) is 69.4 Å². The molecule has 17 heteroatoms. The van der Waals surface area contributed by atoms with Crippen LogP contribution in [0.15, 0.2) is 11.6 Å². The molecule has 7 unspecified atom stereocenters. The molecular weight excluding hydrogens is 999 g/mol. The van der Waals surface area contributed by atoms with Gasteiger partial charge in [-0.15, -0.1) is 0 Å². The number of hydrogen-bond donors (Lipinski definition) is 6. The molecule has 4 aliphatic carbocycles. The predicted molar refractivity (Wildman–Crippen MR) is 295 cm³/mol. The van der Waals surface area contributed by atoms with Crippen LogP contribution in [0.1, 0.15) is 167 Å². The Hall–Kier alpha value is -2.13. The van der Waals surface area contributed by atoms with Crippen molar-refractivity contribution in [2.24, 2.45) is 58.2 Å². The van der Waals surface area contributed by atoms with E-state index in [1.54, 1.807) is 27.9 Å². The molecule has 6 fully saturated rings. The van der Waals surface area contributed by atoms with Crippen molar-refractivity contribution in [3.8, 4) is 0 Å². The third-order valence-electron chi connectivity index (χ3n) is 21.8. The Morgan fingerprint density at radius 3 is 2.26 bits per heavy atom. The van der Waals surface area contributed by atoms with Crippen LogP contribution in [0.4, 0.5) is 0 Å². The first-order chi connectivity index (χ1) is 36.3. The second-order valence-corrected chi connectivity index (χ2v) is 27.5. The van der Waals surface area contributed by atoms with E-state index < -0.39 is 89.9 Å². The quantitative estimate of drug-likeness (QED) is 0.0949. The summed E-state index contributed by atoms with van der Waals surface area (Å²) in [6.07, 6.45) is 0.117. The molecular formula is C61H105N3O14. The maximum Gasteiger partial charge on any atom is 0.311 e. The van der Waals surface area contributed by atoms with E-state index in [0.717, 1.165) is 32.1 Å². The Balaban J connectivity index is 1.13. The van der Waals surface area contributed by atoms with Gasteiger partial charge in [-0.2, -0.15) is 0 Å². The van der Waals surface area contributed by atoms with Crippen molar-refractivity contribution in [3.05, 3.63) is 11.6 Å².